The number of carbonyl (C=O) groups excluding carboxylic acids is 1. The Kier molecular flexibility index (Phi) is 5.76. The lowest BCUT2D eigenvalue weighted by Gasteiger charge is -2.34. The summed E-state index contributed by atoms with van der Waals surface area (Å²) in [4.78, 5) is 37.7. The van der Waals surface area contributed by atoms with Crippen LogP contribution in [-0.2, 0) is 24.3 Å². The van der Waals surface area contributed by atoms with Gasteiger partial charge in [0, 0.05) is 42.6 Å². The number of likely N-dealkylation sites (tertiary alicyclic amines) is 1. The smallest absolute Gasteiger partial charge is 0.254 e. The number of nitrogens with one attached hydrogen (secondary N) is 1. The lowest BCUT2D eigenvalue weighted by molar-refractivity contribution is -0.139. The van der Waals surface area contributed by atoms with Gasteiger partial charge in [-0.1, -0.05) is 18.6 Å². The molecule has 0 radical (unpaired) electrons. The molecule has 2 aromatic rings. The predicted molar refractivity (Wildman–Crippen MR) is 122 cm³/mol. The maximum absolute atomic E-state index is 12.8. The molecule has 7 nitrogen and oxygen atoms in total. The summed E-state index contributed by atoms with van der Waals surface area (Å²) in [5.41, 5.74) is 3.88. The van der Waals surface area contributed by atoms with Crippen LogP contribution in [-0.4, -0.2) is 52.4 Å². The molecule has 0 unspecified atom stereocenters. The van der Waals surface area contributed by atoms with E-state index >= 15 is 0 Å². The number of amides is 1. The first-order valence-corrected chi connectivity index (χ1v) is 11.8. The van der Waals surface area contributed by atoms with Crippen molar-refractivity contribution in [3.8, 4) is 5.75 Å². The van der Waals surface area contributed by atoms with E-state index in [0.717, 1.165) is 68.1 Å². The number of aromatic amines is 1. The molecular weight excluding hydrogens is 404 g/mol. The van der Waals surface area contributed by atoms with Crippen molar-refractivity contribution in [2.75, 3.05) is 26.7 Å². The van der Waals surface area contributed by atoms with Gasteiger partial charge in [-0.3, -0.25) is 14.5 Å². The summed E-state index contributed by atoms with van der Waals surface area (Å²) in [6, 6.07) is 6.32. The van der Waals surface area contributed by atoms with E-state index in [9.17, 15) is 9.59 Å². The number of benzene rings is 1. The van der Waals surface area contributed by atoms with Crippen molar-refractivity contribution >= 4 is 5.91 Å². The summed E-state index contributed by atoms with van der Waals surface area (Å²) >= 11 is 0. The minimum absolute atomic E-state index is 0.0283. The summed E-state index contributed by atoms with van der Waals surface area (Å²) in [7, 11) is 1.71. The van der Waals surface area contributed by atoms with Crippen molar-refractivity contribution in [2.24, 2.45) is 5.92 Å². The highest BCUT2D eigenvalue weighted by atomic mass is 16.5. The van der Waals surface area contributed by atoms with E-state index < -0.39 is 0 Å². The Morgan fingerprint density at radius 1 is 1.25 bits per heavy atom. The number of aromatic nitrogens is 2. The fourth-order valence-corrected chi connectivity index (χ4v) is 5.18. The molecular formula is C25H32N4O3. The van der Waals surface area contributed by atoms with Crippen LogP contribution in [0.25, 0.3) is 0 Å². The molecule has 2 aliphatic heterocycles. The van der Waals surface area contributed by atoms with Crippen molar-refractivity contribution < 1.29 is 9.53 Å². The third-order valence-electron chi connectivity index (χ3n) is 7.35. The number of rotatable bonds is 5. The molecule has 32 heavy (non-hydrogen) atoms. The van der Waals surface area contributed by atoms with Crippen molar-refractivity contribution in [1.29, 1.82) is 0 Å². The SMILES string of the molecule is COc1cc(C)ccc1CN1CC[C@H](c2nc3c(c(=O)[nH]2)CCN(C(=O)C2CCC2)C3)C1. The molecule has 1 aromatic carbocycles. The maximum atomic E-state index is 12.8. The third kappa shape index (κ3) is 4.06. The van der Waals surface area contributed by atoms with E-state index in [0.29, 0.717) is 19.5 Å². The van der Waals surface area contributed by atoms with Gasteiger partial charge < -0.3 is 14.6 Å². The molecule has 1 saturated carbocycles. The van der Waals surface area contributed by atoms with Crippen LogP contribution in [0, 0.1) is 12.8 Å². The van der Waals surface area contributed by atoms with Crippen LogP contribution >= 0.6 is 0 Å². The number of nitrogens with zero attached hydrogens (tertiary/aromatic N) is 3. The molecule has 1 N–H and O–H groups in total. The zero-order chi connectivity index (χ0) is 22.2. The molecule has 1 atom stereocenters. The summed E-state index contributed by atoms with van der Waals surface area (Å²) in [5, 5.41) is 0. The van der Waals surface area contributed by atoms with E-state index in [4.69, 9.17) is 9.72 Å². The second kappa shape index (κ2) is 8.70. The number of ether oxygens (including phenoxy) is 1. The van der Waals surface area contributed by atoms with Crippen LogP contribution in [0.2, 0.25) is 0 Å². The number of H-pyrrole nitrogens is 1. The van der Waals surface area contributed by atoms with Gasteiger partial charge in [-0.05, 0) is 50.8 Å². The van der Waals surface area contributed by atoms with E-state index in [1.807, 2.05) is 4.90 Å². The van der Waals surface area contributed by atoms with Crippen LogP contribution < -0.4 is 10.3 Å². The van der Waals surface area contributed by atoms with Gasteiger partial charge in [-0.25, -0.2) is 4.98 Å². The molecule has 170 valence electrons. The second-order valence-electron chi connectivity index (χ2n) is 9.55. The van der Waals surface area contributed by atoms with Crippen LogP contribution in [0.15, 0.2) is 23.0 Å². The second-order valence-corrected chi connectivity index (χ2v) is 9.55. The largest absolute Gasteiger partial charge is 0.496 e. The highest BCUT2D eigenvalue weighted by Gasteiger charge is 2.33. The highest BCUT2D eigenvalue weighted by molar-refractivity contribution is 5.79. The minimum atomic E-state index is -0.0283. The Morgan fingerprint density at radius 2 is 2.09 bits per heavy atom. The summed E-state index contributed by atoms with van der Waals surface area (Å²) in [6.45, 7) is 5.79. The third-order valence-corrected chi connectivity index (χ3v) is 7.35. The van der Waals surface area contributed by atoms with Crippen molar-refractivity contribution in [3.63, 3.8) is 0 Å². The molecule has 3 aliphatic rings. The molecule has 0 bridgehead atoms. The first-order chi connectivity index (χ1) is 15.5. The average molecular weight is 437 g/mol. The molecule has 1 aliphatic carbocycles. The number of carbonyl (C=O) groups is 1. The summed E-state index contributed by atoms with van der Waals surface area (Å²) in [6.07, 6.45) is 4.70. The van der Waals surface area contributed by atoms with Crippen molar-refractivity contribution in [2.45, 2.75) is 58.0 Å². The minimum Gasteiger partial charge on any atom is -0.496 e. The molecule has 1 amide bonds. The highest BCUT2D eigenvalue weighted by Crippen LogP contribution is 2.31. The van der Waals surface area contributed by atoms with Crippen LogP contribution in [0.1, 0.15) is 59.8 Å². The molecule has 2 fully saturated rings. The fourth-order valence-electron chi connectivity index (χ4n) is 5.18. The Bertz CT molecular complexity index is 1080. The molecule has 0 spiro atoms. The molecule has 1 aromatic heterocycles. The summed E-state index contributed by atoms with van der Waals surface area (Å²) < 4.78 is 5.57. The van der Waals surface area contributed by atoms with Crippen LogP contribution in [0.4, 0.5) is 0 Å². The number of methoxy groups -OCH3 is 1. The number of aryl methyl sites for hydroxylation is 1. The van der Waals surface area contributed by atoms with Gasteiger partial charge in [0.05, 0.1) is 19.3 Å². The van der Waals surface area contributed by atoms with E-state index in [-0.39, 0.29) is 23.3 Å². The monoisotopic (exact) mass is 436 g/mol. The Morgan fingerprint density at radius 3 is 2.84 bits per heavy atom. The van der Waals surface area contributed by atoms with Gasteiger partial charge in [0.25, 0.3) is 5.56 Å². The van der Waals surface area contributed by atoms with Crippen LogP contribution in [0.5, 0.6) is 5.75 Å². The fraction of sp³-hybridized carbons (Fsp3) is 0.560. The lowest BCUT2D eigenvalue weighted by Crippen LogP contribution is -2.43. The van der Waals surface area contributed by atoms with Gasteiger partial charge >= 0.3 is 0 Å². The summed E-state index contributed by atoms with van der Waals surface area (Å²) in [5.74, 6) is 2.31. The normalized spacial score (nSPS) is 21.3. The molecule has 7 heteroatoms. The number of hydrogen-bond acceptors (Lipinski definition) is 5. The van der Waals surface area contributed by atoms with Gasteiger partial charge in [0.1, 0.15) is 11.6 Å². The van der Waals surface area contributed by atoms with Crippen LogP contribution in [0.3, 0.4) is 0 Å². The van der Waals surface area contributed by atoms with E-state index in [2.05, 4.69) is 35.0 Å². The predicted octanol–water partition coefficient (Wildman–Crippen LogP) is 2.76. The zero-order valence-electron chi connectivity index (χ0n) is 19.0. The quantitative estimate of drug-likeness (QED) is 0.780. The van der Waals surface area contributed by atoms with Gasteiger partial charge in [-0.15, -0.1) is 0 Å². The maximum Gasteiger partial charge on any atom is 0.254 e. The van der Waals surface area contributed by atoms with Crippen molar-refractivity contribution in [1.82, 2.24) is 19.8 Å². The standard InChI is InChI=1S/C25H32N4O3/c1-16-6-7-18(22(12-16)32-2)13-28-10-8-19(14-28)23-26-21-15-29(25(31)17-4-3-5-17)11-9-20(21)24(30)27-23/h6-7,12,17,19H,3-5,8-11,13-15H2,1-2H3,(H,26,27,30)/t19-/m0/s1. The first-order valence-electron chi connectivity index (χ1n) is 11.8. The Hall–Kier alpha value is -2.67. The Balaban J connectivity index is 1.29. The first kappa shape index (κ1) is 21.2. The van der Waals surface area contributed by atoms with Crippen molar-refractivity contribution in [3.05, 3.63) is 56.8 Å². The van der Waals surface area contributed by atoms with Gasteiger partial charge in [0.2, 0.25) is 5.91 Å². The molecule has 3 heterocycles. The average Bonchev–Trinajstić information content (AvgIpc) is 3.22. The van der Waals surface area contributed by atoms with E-state index in [1.165, 1.54) is 11.1 Å². The number of fused-ring (bicyclic) bond motifs is 1. The molecule has 1 saturated heterocycles. The van der Waals surface area contributed by atoms with Gasteiger partial charge in [-0.2, -0.15) is 0 Å². The molecule has 5 rings (SSSR count). The topological polar surface area (TPSA) is 78.5 Å². The van der Waals surface area contributed by atoms with Gasteiger partial charge in [0.15, 0.2) is 0 Å². The zero-order valence-corrected chi connectivity index (χ0v) is 19.0. The lowest BCUT2D eigenvalue weighted by atomic mass is 9.84. The Labute approximate surface area is 188 Å². The number of hydrogen-bond donors (Lipinski definition) is 1. The van der Waals surface area contributed by atoms with E-state index in [1.54, 1.807) is 7.11 Å².